The maximum Gasteiger partial charge on any atom is 0.347 e. The second-order valence-corrected chi connectivity index (χ2v) is 17.5. The number of anilines is 3. The molecule has 0 bridgehead atoms. The Bertz CT molecular complexity index is 2090. The predicted molar refractivity (Wildman–Crippen MR) is 242 cm³/mol. The largest absolute Gasteiger partial charge is 0.593 e. The van der Waals surface area contributed by atoms with Gasteiger partial charge >= 0.3 is 11.9 Å². The molecule has 58 heavy (non-hydrogen) atoms. The van der Waals surface area contributed by atoms with Crippen LogP contribution in [0.5, 0.6) is 0 Å². The molecule has 2 N–H and O–H groups in total. The van der Waals surface area contributed by atoms with E-state index in [1.54, 1.807) is 88.5 Å². The fourth-order valence-electron chi connectivity index (χ4n) is 7.86. The normalized spacial score (nSPS) is 18.6. The molecule has 0 aromatic heterocycles. The third-order valence-corrected chi connectivity index (χ3v) is 13.7. The summed E-state index contributed by atoms with van der Waals surface area (Å²) in [5, 5.41) is 6.03. The molecule has 4 aromatic rings. The second kappa shape index (κ2) is 20.0. The molecule has 14 heteroatoms. The minimum atomic E-state index is -1.49. The smallest absolute Gasteiger partial charge is 0.347 e. The summed E-state index contributed by atoms with van der Waals surface area (Å²) in [6, 6.07) is 27.9. The Morgan fingerprint density at radius 1 is 0.707 bits per heavy atom. The first-order valence-corrected chi connectivity index (χ1v) is 22.7. The number of nitrogens with one attached hydrogen (secondary N) is 2. The Balaban J connectivity index is 1.04. The van der Waals surface area contributed by atoms with Crippen molar-refractivity contribution in [2.24, 2.45) is 5.92 Å². The van der Waals surface area contributed by atoms with Gasteiger partial charge in [-0.25, -0.2) is 4.79 Å². The van der Waals surface area contributed by atoms with Crippen molar-refractivity contribution in [2.45, 2.75) is 87.6 Å². The average molecular weight is 1030 g/mol. The van der Waals surface area contributed by atoms with E-state index in [9.17, 15) is 23.7 Å². The van der Waals surface area contributed by atoms with E-state index < -0.39 is 17.3 Å². The number of nitrogens with zero attached hydrogens (tertiary/aromatic N) is 2. The van der Waals surface area contributed by atoms with Crippen molar-refractivity contribution in [1.29, 1.82) is 0 Å². The molecule has 304 valence electrons. The third-order valence-electron chi connectivity index (χ3n) is 11.3. The highest BCUT2D eigenvalue weighted by Gasteiger charge is 2.45. The van der Waals surface area contributed by atoms with Gasteiger partial charge in [-0.3, -0.25) is 14.4 Å². The maximum absolute atomic E-state index is 14.1. The second-order valence-electron chi connectivity index (χ2n) is 15.2. The van der Waals surface area contributed by atoms with Crippen molar-refractivity contribution in [3.05, 3.63) is 119 Å². The Hall–Kier alpha value is -3.71. The lowest BCUT2D eigenvalue weighted by Gasteiger charge is -2.35. The van der Waals surface area contributed by atoms with Gasteiger partial charge in [0.15, 0.2) is 50.9 Å². The average Bonchev–Trinajstić information content (AvgIpc) is 4.12. The zero-order chi connectivity index (χ0) is 40.6. The molecule has 1 atom stereocenters. The van der Waals surface area contributed by atoms with E-state index in [4.69, 9.17) is 6.13 Å². The van der Waals surface area contributed by atoms with Gasteiger partial charge in [0, 0.05) is 36.1 Å². The van der Waals surface area contributed by atoms with E-state index in [1.165, 1.54) is 6.42 Å². The van der Waals surface area contributed by atoms with E-state index in [0.717, 1.165) is 81.3 Å². The summed E-state index contributed by atoms with van der Waals surface area (Å²) in [4.78, 5) is 54.6. The number of carbonyl (C=O) groups excluding carboxylic acids is 4. The van der Waals surface area contributed by atoms with Crippen LogP contribution in [-0.2, 0) is 35.1 Å². The van der Waals surface area contributed by atoms with E-state index in [2.05, 4.69) is 19.8 Å². The molecule has 1 heterocycles. The predicted octanol–water partition coefficient (Wildman–Crippen LogP) is 9.41. The van der Waals surface area contributed by atoms with Crippen LogP contribution in [-0.4, -0.2) is 57.8 Å². The summed E-state index contributed by atoms with van der Waals surface area (Å²) >= 11 is 1.74. The summed E-state index contributed by atoms with van der Waals surface area (Å²) in [5.74, 6) is -1.44. The van der Waals surface area contributed by atoms with Crippen LogP contribution in [0.3, 0.4) is 0 Å². The van der Waals surface area contributed by atoms with Crippen LogP contribution < -0.4 is 15.5 Å². The van der Waals surface area contributed by atoms with Crippen LogP contribution in [0.25, 0.3) is 0 Å². The Kier molecular flexibility index (Phi) is 14.6. The van der Waals surface area contributed by atoms with Gasteiger partial charge in [0.2, 0.25) is 0 Å². The lowest BCUT2D eigenvalue weighted by molar-refractivity contribution is -0.137. The molecule has 1 aliphatic heterocycles. The maximum atomic E-state index is 14.1. The first-order chi connectivity index (χ1) is 28.2. The highest BCUT2D eigenvalue weighted by molar-refractivity contribution is 14.1. The molecule has 4 aromatic carbocycles. The highest BCUT2D eigenvalue weighted by atomic mass is 127. The quantitative estimate of drug-likeness (QED) is 0.0934. The molecule has 2 saturated carbocycles. The van der Waals surface area contributed by atoms with Gasteiger partial charge in [0.1, 0.15) is 0 Å². The molecule has 3 fully saturated rings. The molecule has 7 rings (SSSR count). The number of aryl methyl sites for hydroxylation is 2. The van der Waals surface area contributed by atoms with Gasteiger partial charge in [-0.05, 0) is 136 Å². The molecule has 3 aliphatic rings. The number of carbonyl (C=O) groups is 4. The minimum Gasteiger partial charge on any atom is -0.593 e. The van der Waals surface area contributed by atoms with Crippen molar-refractivity contribution in [2.75, 3.05) is 28.6 Å². The molecule has 1 saturated heterocycles. The summed E-state index contributed by atoms with van der Waals surface area (Å²) in [5.41, 5.74) is 5.33. The number of halogens is 2. The number of rotatable bonds is 14. The molecule has 2 aliphatic carbocycles. The van der Waals surface area contributed by atoms with Gasteiger partial charge in [-0.1, -0.05) is 30.3 Å². The topological polar surface area (TPSA) is 140 Å². The molecule has 0 radical (unpaired) electrons. The lowest BCUT2D eigenvalue weighted by atomic mass is 9.86. The summed E-state index contributed by atoms with van der Waals surface area (Å²) in [6.07, 6.45) is 9.76. The van der Waals surface area contributed by atoms with Crippen molar-refractivity contribution < 1.29 is 29.9 Å². The molecule has 0 spiro atoms. The van der Waals surface area contributed by atoms with Crippen molar-refractivity contribution in [3.63, 3.8) is 0 Å². The van der Waals surface area contributed by atoms with Gasteiger partial charge in [-0.2, -0.15) is 0 Å². The van der Waals surface area contributed by atoms with Gasteiger partial charge in [0.25, 0.3) is 11.8 Å². The third kappa shape index (κ3) is 10.7. The van der Waals surface area contributed by atoms with Gasteiger partial charge in [-0.15, -0.1) is 4.31 Å². The Morgan fingerprint density at radius 2 is 1.34 bits per heavy atom. The molecular weight excluding hydrogens is 982 g/mol. The standard InChI is InChI=1S/C44H46I2N4O7S/c45-56-43(53)31-13-9-29(10-14-31)7-8-30-11-17-34(18-12-30)47-42(52)39-28-37(49-25-2-1-3-26-49)23-24-40(39)48-41(51)33-5-4-6-38(27-33)58(55)50(36-21-22-36)35-19-15-32(16-20-35)44(54)57-46/h4-6,9-14,17-18,23-24,27-28,32,35-36H,1-3,7-8,15-16,19-22,25-26H2,(H,47,52)(H,48,51). The van der Waals surface area contributed by atoms with Crippen LogP contribution >= 0.6 is 46.0 Å². The van der Waals surface area contributed by atoms with Crippen LogP contribution in [0.4, 0.5) is 17.1 Å². The van der Waals surface area contributed by atoms with E-state index in [1.807, 2.05) is 48.5 Å². The fourth-order valence-corrected chi connectivity index (χ4v) is 10.1. The number of benzene rings is 4. The van der Waals surface area contributed by atoms with Crippen molar-refractivity contribution in [3.8, 4) is 0 Å². The Labute approximate surface area is 370 Å². The van der Waals surface area contributed by atoms with E-state index >= 15 is 0 Å². The number of piperidine rings is 1. The molecular formula is C44H46I2N4O7S. The van der Waals surface area contributed by atoms with Gasteiger partial charge in [0.05, 0.1) is 46.2 Å². The molecule has 11 nitrogen and oxygen atoms in total. The van der Waals surface area contributed by atoms with Crippen LogP contribution in [0.15, 0.2) is 95.9 Å². The lowest BCUT2D eigenvalue weighted by Crippen LogP contribution is -2.44. The SMILES string of the molecule is O=C(Nc1ccc(N2CCCCC2)cc1C(=O)Nc1ccc(CCc2ccc(C(=O)OI)cc2)cc1)c1cccc([S+]([O-])N(C2CCC(C(=O)OI)CC2)C2CC2)c1. The number of amides is 2. The summed E-state index contributed by atoms with van der Waals surface area (Å²) in [7, 11) is 0. The zero-order valence-corrected chi connectivity index (χ0v) is 37.1. The van der Waals surface area contributed by atoms with Crippen LogP contribution in [0.1, 0.15) is 100.0 Å². The van der Waals surface area contributed by atoms with E-state index in [0.29, 0.717) is 45.8 Å². The first kappa shape index (κ1) is 42.4. The molecule has 2 amide bonds. The highest BCUT2D eigenvalue weighted by Crippen LogP contribution is 2.40. The van der Waals surface area contributed by atoms with Crippen molar-refractivity contribution in [1.82, 2.24) is 4.31 Å². The molecule has 1 unspecified atom stereocenters. The van der Waals surface area contributed by atoms with E-state index in [-0.39, 0.29) is 35.8 Å². The zero-order valence-electron chi connectivity index (χ0n) is 32.0. The summed E-state index contributed by atoms with van der Waals surface area (Å²) in [6.45, 7) is 1.80. The first-order valence-electron chi connectivity index (χ1n) is 19.9. The van der Waals surface area contributed by atoms with Gasteiger partial charge < -0.3 is 26.2 Å². The van der Waals surface area contributed by atoms with Crippen molar-refractivity contribution >= 4 is 98.2 Å². The minimum absolute atomic E-state index is 0.0816. The van der Waals surface area contributed by atoms with Crippen LogP contribution in [0, 0.1) is 5.92 Å². The monoisotopic (exact) mass is 1030 g/mol. The number of hydrogen-bond acceptors (Lipinski definition) is 9. The Morgan fingerprint density at radius 3 is 1.97 bits per heavy atom. The van der Waals surface area contributed by atoms with Crippen LogP contribution in [0.2, 0.25) is 0 Å². The number of hydrogen-bond donors (Lipinski definition) is 2. The summed E-state index contributed by atoms with van der Waals surface area (Å²) < 4.78 is 25.9. The fraction of sp³-hybridized carbons (Fsp3) is 0.364.